The molecular formula is C8H14ClNO. The molecule has 3 saturated heterocycles. The molecule has 0 saturated carbocycles. The summed E-state index contributed by atoms with van der Waals surface area (Å²) in [7, 11) is 0. The summed E-state index contributed by atoms with van der Waals surface area (Å²) in [4.78, 5) is 13.6. The first-order valence-electron chi connectivity index (χ1n) is 3.96. The lowest BCUT2D eigenvalue weighted by Gasteiger charge is -2.44. The number of nitrogens with zero attached hydrogens (tertiary/aromatic N) is 1. The molecule has 0 unspecified atom stereocenters. The van der Waals surface area contributed by atoms with E-state index in [-0.39, 0.29) is 17.8 Å². The van der Waals surface area contributed by atoms with Crippen LogP contribution in [-0.4, -0.2) is 30.3 Å². The van der Waals surface area contributed by atoms with Crippen molar-refractivity contribution < 1.29 is 4.79 Å². The molecule has 2 bridgehead atoms. The summed E-state index contributed by atoms with van der Waals surface area (Å²) in [5, 5.41) is 0. The predicted molar refractivity (Wildman–Crippen MR) is 46.0 cm³/mol. The van der Waals surface area contributed by atoms with E-state index in [0.29, 0.717) is 5.78 Å². The van der Waals surface area contributed by atoms with Crippen molar-refractivity contribution in [2.45, 2.75) is 19.8 Å². The molecule has 11 heavy (non-hydrogen) atoms. The third-order valence-electron chi connectivity index (χ3n) is 3.00. The fourth-order valence-corrected chi connectivity index (χ4v) is 1.88. The monoisotopic (exact) mass is 175 g/mol. The average molecular weight is 176 g/mol. The Labute approximate surface area is 73.4 Å². The maximum absolute atomic E-state index is 11.3. The Kier molecular flexibility index (Phi) is 2.26. The first-order valence-corrected chi connectivity index (χ1v) is 3.96. The number of Topliss-reactive ketones (excluding diaryl/α,β-unsaturated/α-hetero) is 1. The maximum atomic E-state index is 11.3. The molecule has 0 aromatic carbocycles. The van der Waals surface area contributed by atoms with Gasteiger partial charge in [0.1, 0.15) is 0 Å². The molecule has 3 aliphatic heterocycles. The van der Waals surface area contributed by atoms with Crippen molar-refractivity contribution in [2.75, 3.05) is 19.6 Å². The number of carbonyl (C=O) groups is 1. The molecule has 3 heteroatoms. The Morgan fingerprint density at radius 3 is 2.18 bits per heavy atom. The quantitative estimate of drug-likeness (QED) is 0.550. The SMILES string of the molecule is CC12CCN(CC1)CC2=O.Cl. The van der Waals surface area contributed by atoms with Crippen LogP contribution in [0.1, 0.15) is 19.8 Å². The molecule has 2 nitrogen and oxygen atoms in total. The van der Waals surface area contributed by atoms with Crippen LogP contribution in [0.25, 0.3) is 0 Å². The first-order chi connectivity index (χ1) is 4.71. The number of hydrogen-bond donors (Lipinski definition) is 0. The van der Waals surface area contributed by atoms with Crippen LogP contribution < -0.4 is 0 Å². The summed E-state index contributed by atoms with van der Waals surface area (Å²) in [6.07, 6.45) is 2.18. The van der Waals surface area contributed by atoms with E-state index >= 15 is 0 Å². The molecule has 0 spiro atoms. The van der Waals surface area contributed by atoms with Gasteiger partial charge in [-0.1, -0.05) is 6.92 Å². The van der Waals surface area contributed by atoms with E-state index < -0.39 is 0 Å². The zero-order chi connectivity index (χ0) is 7.19. The lowest BCUT2D eigenvalue weighted by Crippen LogP contribution is -2.53. The number of rotatable bonds is 0. The minimum Gasteiger partial charge on any atom is -0.298 e. The van der Waals surface area contributed by atoms with Crippen LogP contribution in [0.2, 0.25) is 0 Å². The number of fused-ring (bicyclic) bond motifs is 3. The van der Waals surface area contributed by atoms with Crippen LogP contribution in [0, 0.1) is 5.41 Å². The van der Waals surface area contributed by atoms with Gasteiger partial charge in [-0.2, -0.15) is 0 Å². The van der Waals surface area contributed by atoms with Crippen LogP contribution in [0.5, 0.6) is 0 Å². The highest BCUT2D eigenvalue weighted by Gasteiger charge is 2.42. The van der Waals surface area contributed by atoms with E-state index in [1.807, 2.05) is 0 Å². The summed E-state index contributed by atoms with van der Waals surface area (Å²) in [5.41, 5.74) is 0.0642. The van der Waals surface area contributed by atoms with Crippen LogP contribution in [0.15, 0.2) is 0 Å². The minimum atomic E-state index is 0. The molecule has 3 rings (SSSR count). The van der Waals surface area contributed by atoms with Crippen molar-refractivity contribution in [2.24, 2.45) is 5.41 Å². The van der Waals surface area contributed by atoms with Crippen molar-refractivity contribution in [3.63, 3.8) is 0 Å². The van der Waals surface area contributed by atoms with Gasteiger partial charge >= 0.3 is 0 Å². The molecule has 3 fully saturated rings. The number of halogens is 1. The normalized spacial score (nSPS) is 41.9. The molecule has 0 atom stereocenters. The van der Waals surface area contributed by atoms with E-state index in [9.17, 15) is 4.79 Å². The second-order valence-electron chi connectivity index (χ2n) is 3.76. The lowest BCUT2D eigenvalue weighted by molar-refractivity contribution is -0.138. The van der Waals surface area contributed by atoms with Gasteiger partial charge in [-0.25, -0.2) is 0 Å². The molecule has 0 aromatic heterocycles. The molecule has 64 valence electrons. The molecule has 0 aromatic rings. The minimum absolute atomic E-state index is 0. The number of piperidine rings is 3. The molecule has 0 amide bonds. The van der Waals surface area contributed by atoms with E-state index in [1.54, 1.807) is 0 Å². The van der Waals surface area contributed by atoms with Crippen LogP contribution >= 0.6 is 12.4 Å². The summed E-state index contributed by atoms with van der Waals surface area (Å²) < 4.78 is 0. The number of carbonyl (C=O) groups excluding carboxylic acids is 1. The van der Waals surface area contributed by atoms with Crippen molar-refractivity contribution in [1.82, 2.24) is 4.90 Å². The van der Waals surface area contributed by atoms with Gasteiger partial charge < -0.3 is 0 Å². The van der Waals surface area contributed by atoms with Gasteiger partial charge in [0, 0.05) is 5.41 Å². The standard InChI is InChI=1S/C8H13NO.ClH/c1-8-2-4-9(5-3-8)6-7(8)10;/h2-6H2,1H3;1H. The number of hydrogen-bond acceptors (Lipinski definition) is 2. The van der Waals surface area contributed by atoms with Gasteiger partial charge in [0.25, 0.3) is 0 Å². The second kappa shape index (κ2) is 2.76. The topological polar surface area (TPSA) is 20.3 Å². The summed E-state index contributed by atoms with van der Waals surface area (Å²) >= 11 is 0. The van der Waals surface area contributed by atoms with E-state index in [2.05, 4.69) is 11.8 Å². The molecule has 0 radical (unpaired) electrons. The first kappa shape index (κ1) is 9.01. The largest absolute Gasteiger partial charge is 0.298 e. The van der Waals surface area contributed by atoms with Crippen LogP contribution in [0.3, 0.4) is 0 Å². The van der Waals surface area contributed by atoms with Gasteiger partial charge in [-0.3, -0.25) is 9.69 Å². The maximum Gasteiger partial charge on any atom is 0.152 e. The van der Waals surface area contributed by atoms with Crippen molar-refractivity contribution in [1.29, 1.82) is 0 Å². The zero-order valence-electron chi connectivity index (χ0n) is 6.80. The molecule has 3 aliphatic rings. The smallest absolute Gasteiger partial charge is 0.152 e. The van der Waals surface area contributed by atoms with E-state index in [1.165, 1.54) is 0 Å². The summed E-state index contributed by atoms with van der Waals surface area (Å²) in [6, 6.07) is 0. The Balaban J connectivity index is 0.000000605. The summed E-state index contributed by atoms with van der Waals surface area (Å²) in [6.45, 7) is 5.12. The van der Waals surface area contributed by atoms with E-state index in [4.69, 9.17) is 0 Å². The molecule has 0 aliphatic carbocycles. The molecule has 0 N–H and O–H groups in total. The Hall–Kier alpha value is -0.0800. The fourth-order valence-electron chi connectivity index (χ4n) is 1.88. The van der Waals surface area contributed by atoms with Crippen molar-refractivity contribution in [3.05, 3.63) is 0 Å². The highest BCUT2D eigenvalue weighted by molar-refractivity contribution is 5.87. The lowest BCUT2D eigenvalue weighted by atomic mass is 9.73. The van der Waals surface area contributed by atoms with Gasteiger partial charge in [0.15, 0.2) is 5.78 Å². The Morgan fingerprint density at radius 2 is 1.91 bits per heavy atom. The van der Waals surface area contributed by atoms with Gasteiger partial charge in [0.05, 0.1) is 6.54 Å². The fraction of sp³-hybridized carbons (Fsp3) is 0.875. The second-order valence-corrected chi connectivity index (χ2v) is 3.76. The van der Waals surface area contributed by atoms with E-state index in [0.717, 1.165) is 32.5 Å². The van der Waals surface area contributed by atoms with Gasteiger partial charge in [-0.05, 0) is 25.9 Å². The summed E-state index contributed by atoms with van der Waals surface area (Å²) in [5.74, 6) is 0.463. The van der Waals surface area contributed by atoms with Gasteiger partial charge in [0.2, 0.25) is 0 Å². The third-order valence-corrected chi connectivity index (χ3v) is 3.00. The Bertz CT molecular complexity index is 173. The molecule has 3 heterocycles. The highest BCUT2D eigenvalue weighted by Crippen LogP contribution is 2.36. The molecular weight excluding hydrogens is 162 g/mol. The highest BCUT2D eigenvalue weighted by atomic mass is 35.5. The van der Waals surface area contributed by atoms with Crippen molar-refractivity contribution in [3.8, 4) is 0 Å². The van der Waals surface area contributed by atoms with Crippen LogP contribution in [0.4, 0.5) is 0 Å². The zero-order valence-corrected chi connectivity index (χ0v) is 7.62. The third kappa shape index (κ3) is 1.30. The Morgan fingerprint density at radius 1 is 1.36 bits per heavy atom. The average Bonchev–Trinajstić information content (AvgIpc) is 1.92. The van der Waals surface area contributed by atoms with Gasteiger partial charge in [-0.15, -0.1) is 12.4 Å². The van der Waals surface area contributed by atoms with Crippen LogP contribution in [-0.2, 0) is 4.79 Å². The predicted octanol–water partition coefficient (Wildman–Crippen LogP) is 1.09. The number of ketones is 1. The van der Waals surface area contributed by atoms with Crippen molar-refractivity contribution >= 4 is 18.2 Å².